The van der Waals surface area contributed by atoms with E-state index in [9.17, 15) is 17.6 Å². The first-order chi connectivity index (χ1) is 9.07. The second kappa shape index (κ2) is 6.07. The quantitative estimate of drug-likeness (QED) is 0.903. The summed E-state index contributed by atoms with van der Waals surface area (Å²) < 4.78 is 39.1. The van der Waals surface area contributed by atoms with Crippen molar-refractivity contribution in [1.82, 2.24) is 4.31 Å². The first-order valence-electron chi connectivity index (χ1n) is 5.76. The molecule has 112 valence electrons. The zero-order valence-electron chi connectivity index (χ0n) is 11.2. The van der Waals surface area contributed by atoms with Crippen LogP contribution in [0.1, 0.15) is 24.2 Å². The highest BCUT2D eigenvalue weighted by atomic mass is 35.5. The van der Waals surface area contributed by atoms with Crippen LogP contribution in [-0.4, -0.2) is 37.4 Å². The summed E-state index contributed by atoms with van der Waals surface area (Å²) in [5, 5.41) is 8.30. The molecular weight excluding hydrogens is 309 g/mol. The van der Waals surface area contributed by atoms with Gasteiger partial charge in [-0.25, -0.2) is 21.9 Å². The fourth-order valence-electron chi connectivity index (χ4n) is 1.66. The van der Waals surface area contributed by atoms with Crippen LogP contribution in [0.3, 0.4) is 0 Å². The van der Waals surface area contributed by atoms with Crippen molar-refractivity contribution < 1.29 is 22.7 Å². The molecule has 1 rings (SSSR count). The Morgan fingerprint density at radius 2 is 2.00 bits per heavy atom. The predicted octanol–water partition coefficient (Wildman–Crippen LogP) is 2.45. The lowest BCUT2D eigenvalue weighted by atomic mass is 10.2. The van der Waals surface area contributed by atoms with Crippen molar-refractivity contribution in [3.05, 3.63) is 28.5 Å². The highest BCUT2D eigenvalue weighted by molar-refractivity contribution is 7.89. The topological polar surface area (TPSA) is 74.7 Å². The van der Waals surface area contributed by atoms with E-state index in [1.165, 1.54) is 7.05 Å². The van der Waals surface area contributed by atoms with Crippen molar-refractivity contribution in [3.8, 4) is 0 Å². The molecule has 0 atom stereocenters. The highest BCUT2D eigenvalue weighted by Crippen LogP contribution is 2.26. The van der Waals surface area contributed by atoms with Crippen LogP contribution < -0.4 is 0 Å². The molecule has 0 aromatic heterocycles. The largest absolute Gasteiger partial charge is 0.478 e. The molecule has 0 fully saturated rings. The van der Waals surface area contributed by atoms with E-state index in [0.717, 1.165) is 16.4 Å². The highest BCUT2D eigenvalue weighted by Gasteiger charge is 2.25. The van der Waals surface area contributed by atoms with Crippen LogP contribution in [0.25, 0.3) is 0 Å². The van der Waals surface area contributed by atoms with Crippen molar-refractivity contribution >= 4 is 27.6 Å². The van der Waals surface area contributed by atoms with Crippen molar-refractivity contribution in [2.75, 3.05) is 13.6 Å². The molecule has 0 aliphatic heterocycles. The zero-order chi connectivity index (χ0) is 15.7. The van der Waals surface area contributed by atoms with Crippen molar-refractivity contribution in [3.63, 3.8) is 0 Å². The Morgan fingerprint density at radius 1 is 1.45 bits per heavy atom. The van der Waals surface area contributed by atoms with Gasteiger partial charge in [-0.05, 0) is 18.1 Å². The summed E-state index contributed by atoms with van der Waals surface area (Å²) in [5.41, 5.74) is -0.580. The minimum absolute atomic E-state index is 0.0749. The smallest absolute Gasteiger partial charge is 0.337 e. The number of benzene rings is 1. The Balaban J connectivity index is 3.36. The molecule has 0 saturated heterocycles. The first-order valence-corrected chi connectivity index (χ1v) is 7.57. The summed E-state index contributed by atoms with van der Waals surface area (Å²) in [7, 11) is -2.61. The lowest BCUT2D eigenvalue weighted by molar-refractivity contribution is 0.0696. The fraction of sp³-hybridized carbons (Fsp3) is 0.417. The maximum absolute atomic E-state index is 13.6. The van der Waals surface area contributed by atoms with Crippen molar-refractivity contribution in [2.45, 2.75) is 18.7 Å². The molecule has 0 aliphatic carbocycles. The molecule has 0 unspecified atom stereocenters. The fourth-order valence-corrected chi connectivity index (χ4v) is 3.22. The molecule has 20 heavy (non-hydrogen) atoms. The number of carboxylic acids is 1. The Hall–Kier alpha value is -1.18. The molecule has 0 radical (unpaired) electrons. The molecule has 1 aromatic rings. The number of hydrogen-bond acceptors (Lipinski definition) is 3. The normalized spacial score (nSPS) is 12.2. The SMILES string of the molecule is CC(C)CN(C)S(=O)(=O)c1cc(F)c(Cl)c(C(=O)O)c1. The first kappa shape index (κ1) is 16.9. The molecule has 0 amide bonds. The van der Waals surface area contributed by atoms with E-state index in [-0.39, 0.29) is 12.5 Å². The Morgan fingerprint density at radius 3 is 2.45 bits per heavy atom. The van der Waals surface area contributed by atoms with Gasteiger partial charge in [0.2, 0.25) is 10.0 Å². The van der Waals surface area contributed by atoms with Crippen molar-refractivity contribution in [2.24, 2.45) is 5.92 Å². The Labute approximate surface area is 122 Å². The average Bonchev–Trinajstić information content (AvgIpc) is 2.30. The molecule has 1 N–H and O–H groups in total. The van der Waals surface area contributed by atoms with Crippen LogP contribution in [-0.2, 0) is 10.0 Å². The summed E-state index contributed by atoms with van der Waals surface area (Å²) >= 11 is 5.51. The number of rotatable bonds is 5. The Kier molecular flexibility index (Phi) is 5.12. The lowest BCUT2D eigenvalue weighted by Crippen LogP contribution is -2.30. The van der Waals surface area contributed by atoms with Gasteiger partial charge in [-0.1, -0.05) is 25.4 Å². The third kappa shape index (κ3) is 3.47. The number of carbonyl (C=O) groups is 1. The summed E-state index contributed by atoms with van der Waals surface area (Å²) in [6.07, 6.45) is 0. The maximum atomic E-state index is 13.6. The molecule has 0 bridgehead atoms. The van der Waals surface area contributed by atoms with Crippen LogP contribution in [0, 0.1) is 11.7 Å². The van der Waals surface area contributed by atoms with Gasteiger partial charge in [0, 0.05) is 13.6 Å². The second-order valence-electron chi connectivity index (χ2n) is 4.75. The number of carboxylic acid groups (broad SMARTS) is 1. The minimum atomic E-state index is -3.96. The molecule has 0 aliphatic rings. The average molecular weight is 324 g/mol. The van der Waals surface area contributed by atoms with E-state index in [2.05, 4.69) is 0 Å². The van der Waals surface area contributed by atoms with Gasteiger partial charge in [-0.15, -0.1) is 0 Å². The van der Waals surface area contributed by atoms with Gasteiger partial charge in [-0.2, -0.15) is 0 Å². The molecule has 8 heteroatoms. The number of aromatic carboxylic acids is 1. The second-order valence-corrected chi connectivity index (χ2v) is 7.17. The van der Waals surface area contributed by atoms with Gasteiger partial charge in [-0.3, -0.25) is 0 Å². The van der Waals surface area contributed by atoms with Gasteiger partial charge >= 0.3 is 5.97 Å². The van der Waals surface area contributed by atoms with Gasteiger partial charge in [0.15, 0.2) is 0 Å². The van der Waals surface area contributed by atoms with Gasteiger partial charge in [0.25, 0.3) is 0 Å². The van der Waals surface area contributed by atoms with E-state index >= 15 is 0 Å². The number of hydrogen-bond donors (Lipinski definition) is 1. The number of halogens is 2. The van der Waals surface area contributed by atoms with E-state index in [4.69, 9.17) is 16.7 Å². The molecule has 0 spiro atoms. The van der Waals surface area contributed by atoms with E-state index in [0.29, 0.717) is 0 Å². The lowest BCUT2D eigenvalue weighted by Gasteiger charge is -2.19. The monoisotopic (exact) mass is 323 g/mol. The third-order valence-electron chi connectivity index (χ3n) is 2.56. The van der Waals surface area contributed by atoms with E-state index in [1.54, 1.807) is 0 Å². The molecule has 0 saturated carbocycles. The third-order valence-corrected chi connectivity index (χ3v) is 4.75. The van der Waals surface area contributed by atoms with Gasteiger partial charge < -0.3 is 5.11 Å². The molecule has 0 heterocycles. The maximum Gasteiger partial charge on any atom is 0.337 e. The van der Waals surface area contributed by atoms with Crippen LogP contribution in [0.2, 0.25) is 5.02 Å². The summed E-state index contributed by atoms with van der Waals surface area (Å²) in [6.45, 7) is 3.89. The standard InChI is InChI=1S/C12H15ClFNO4S/c1-7(2)6-15(3)20(18,19)8-4-9(12(16)17)11(13)10(14)5-8/h4-5,7H,6H2,1-3H3,(H,16,17). The Bertz CT molecular complexity index is 631. The zero-order valence-corrected chi connectivity index (χ0v) is 12.8. The summed E-state index contributed by atoms with van der Waals surface area (Å²) in [6, 6.07) is 1.58. The van der Waals surface area contributed by atoms with Crippen LogP contribution >= 0.6 is 11.6 Å². The van der Waals surface area contributed by atoms with Gasteiger partial charge in [0.1, 0.15) is 5.82 Å². The van der Waals surface area contributed by atoms with Crippen LogP contribution in [0.4, 0.5) is 4.39 Å². The molecular formula is C12H15ClFNO4S. The van der Waals surface area contributed by atoms with Crippen LogP contribution in [0.5, 0.6) is 0 Å². The summed E-state index contributed by atoms with van der Waals surface area (Å²) in [4.78, 5) is 10.5. The molecule has 1 aromatic carbocycles. The molecule has 5 nitrogen and oxygen atoms in total. The minimum Gasteiger partial charge on any atom is -0.478 e. The van der Waals surface area contributed by atoms with E-state index < -0.39 is 37.3 Å². The van der Waals surface area contributed by atoms with Gasteiger partial charge in [0.05, 0.1) is 15.5 Å². The number of nitrogens with zero attached hydrogens (tertiary/aromatic N) is 1. The summed E-state index contributed by atoms with van der Waals surface area (Å²) in [5.74, 6) is -2.49. The van der Waals surface area contributed by atoms with Crippen molar-refractivity contribution in [1.29, 1.82) is 0 Å². The van der Waals surface area contributed by atoms with Crippen LogP contribution in [0.15, 0.2) is 17.0 Å². The number of sulfonamides is 1. The van der Waals surface area contributed by atoms with E-state index in [1.807, 2.05) is 13.8 Å². The predicted molar refractivity (Wildman–Crippen MR) is 73.0 cm³/mol.